The lowest BCUT2D eigenvalue weighted by Crippen LogP contribution is -2.43. The molecule has 1 unspecified atom stereocenters. The minimum absolute atomic E-state index is 0.0693. The first-order chi connectivity index (χ1) is 11.7. The van der Waals surface area contributed by atoms with Crippen LogP contribution in [0.3, 0.4) is 0 Å². The van der Waals surface area contributed by atoms with Crippen molar-refractivity contribution in [1.82, 2.24) is 0 Å². The molecule has 0 saturated carbocycles. The van der Waals surface area contributed by atoms with Crippen molar-refractivity contribution in [3.05, 3.63) is 35.4 Å². The molecular weight excluding hydrogens is 300 g/mol. The summed E-state index contributed by atoms with van der Waals surface area (Å²) in [5, 5.41) is 0. The van der Waals surface area contributed by atoms with Crippen molar-refractivity contribution < 1.29 is 14.2 Å². The molecule has 24 heavy (non-hydrogen) atoms. The average molecular weight is 337 g/mol. The van der Waals surface area contributed by atoms with E-state index in [1.54, 1.807) is 21.3 Å². The lowest BCUT2D eigenvalue weighted by atomic mass is 9.86. The minimum atomic E-state index is -1.02. The maximum absolute atomic E-state index is 5.70. The van der Waals surface area contributed by atoms with Crippen LogP contribution in [0.2, 0.25) is 0 Å². The maximum Gasteiger partial charge on any atom is 0.289 e. The smallest absolute Gasteiger partial charge is 0.289 e. The Morgan fingerprint density at radius 2 is 1.42 bits per heavy atom. The molecule has 0 aliphatic heterocycles. The summed E-state index contributed by atoms with van der Waals surface area (Å²) in [4.78, 5) is 0. The number of aryl methyl sites for hydroxylation is 1. The largest absolute Gasteiger partial charge is 0.330 e. The fourth-order valence-electron chi connectivity index (χ4n) is 3.52. The molecule has 0 aliphatic carbocycles. The Bertz CT molecular complexity index is 432. The SMILES string of the molecule is CCCCCCCCC(c1ccccc1CC)C(OC)(OC)OC. The Hall–Kier alpha value is -0.900. The monoisotopic (exact) mass is 336 g/mol. The first-order valence-corrected chi connectivity index (χ1v) is 9.42. The average Bonchev–Trinajstić information content (AvgIpc) is 2.64. The van der Waals surface area contributed by atoms with Gasteiger partial charge in [0, 0.05) is 21.3 Å². The Kier molecular flexibility index (Phi) is 10.2. The van der Waals surface area contributed by atoms with E-state index in [2.05, 4.69) is 38.1 Å². The van der Waals surface area contributed by atoms with Crippen LogP contribution in [0.1, 0.15) is 75.8 Å². The van der Waals surface area contributed by atoms with Crippen molar-refractivity contribution in [2.45, 2.75) is 77.1 Å². The topological polar surface area (TPSA) is 27.7 Å². The van der Waals surface area contributed by atoms with Gasteiger partial charge in [0.05, 0.1) is 5.92 Å². The molecule has 0 amide bonds. The van der Waals surface area contributed by atoms with Gasteiger partial charge in [0.25, 0.3) is 5.97 Å². The molecule has 0 fully saturated rings. The van der Waals surface area contributed by atoms with Crippen LogP contribution < -0.4 is 0 Å². The normalized spacial score (nSPS) is 13.2. The zero-order valence-corrected chi connectivity index (χ0v) is 16.3. The molecule has 3 nitrogen and oxygen atoms in total. The third-order valence-corrected chi connectivity index (χ3v) is 4.94. The summed E-state index contributed by atoms with van der Waals surface area (Å²) in [5.74, 6) is -0.950. The highest BCUT2D eigenvalue weighted by Crippen LogP contribution is 2.38. The van der Waals surface area contributed by atoms with E-state index in [-0.39, 0.29) is 5.92 Å². The van der Waals surface area contributed by atoms with Crippen LogP contribution >= 0.6 is 0 Å². The minimum Gasteiger partial charge on any atom is -0.330 e. The second-order valence-electron chi connectivity index (χ2n) is 6.38. The molecule has 0 spiro atoms. The van der Waals surface area contributed by atoms with Crippen LogP contribution in [0.25, 0.3) is 0 Å². The number of hydrogen-bond acceptors (Lipinski definition) is 3. The number of rotatable bonds is 13. The molecule has 1 aromatic rings. The summed E-state index contributed by atoms with van der Waals surface area (Å²) >= 11 is 0. The highest BCUT2D eigenvalue weighted by atomic mass is 16.9. The van der Waals surface area contributed by atoms with Crippen LogP contribution in [0.15, 0.2) is 24.3 Å². The molecule has 0 aliphatic rings. The van der Waals surface area contributed by atoms with Crippen molar-refractivity contribution >= 4 is 0 Å². The summed E-state index contributed by atoms with van der Waals surface area (Å²) in [6.07, 6.45) is 9.65. The van der Waals surface area contributed by atoms with Gasteiger partial charge >= 0.3 is 0 Å². The number of hydrogen-bond donors (Lipinski definition) is 0. The first kappa shape index (κ1) is 21.1. The highest BCUT2D eigenvalue weighted by molar-refractivity contribution is 5.31. The quantitative estimate of drug-likeness (QED) is 0.343. The molecule has 0 radical (unpaired) electrons. The van der Waals surface area contributed by atoms with Gasteiger partial charge < -0.3 is 14.2 Å². The van der Waals surface area contributed by atoms with Gasteiger partial charge in [-0.25, -0.2) is 0 Å². The molecule has 1 aromatic carbocycles. The molecule has 1 atom stereocenters. The van der Waals surface area contributed by atoms with Crippen LogP contribution in [-0.4, -0.2) is 27.3 Å². The fourth-order valence-corrected chi connectivity index (χ4v) is 3.52. The van der Waals surface area contributed by atoms with Crippen LogP contribution in [0.4, 0.5) is 0 Å². The molecule has 138 valence electrons. The number of methoxy groups -OCH3 is 3. The lowest BCUT2D eigenvalue weighted by Gasteiger charge is -2.37. The first-order valence-electron chi connectivity index (χ1n) is 9.42. The molecule has 3 heteroatoms. The Labute approximate surface area is 148 Å². The molecule has 0 N–H and O–H groups in total. The van der Waals surface area contributed by atoms with Crippen molar-refractivity contribution in [3.63, 3.8) is 0 Å². The fraction of sp³-hybridized carbons (Fsp3) is 0.714. The van der Waals surface area contributed by atoms with Gasteiger partial charge in [-0.05, 0) is 24.0 Å². The van der Waals surface area contributed by atoms with E-state index in [0.717, 1.165) is 19.3 Å². The van der Waals surface area contributed by atoms with Crippen LogP contribution in [-0.2, 0) is 20.6 Å². The predicted molar refractivity (Wildman–Crippen MR) is 100 cm³/mol. The zero-order valence-electron chi connectivity index (χ0n) is 16.3. The summed E-state index contributed by atoms with van der Waals surface area (Å²) in [7, 11) is 4.99. The van der Waals surface area contributed by atoms with Gasteiger partial charge in [0.1, 0.15) is 0 Å². The molecule has 0 heterocycles. The van der Waals surface area contributed by atoms with Gasteiger partial charge in [0.15, 0.2) is 0 Å². The molecule has 0 saturated heterocycles. The van der Waals surface area contributed by atoms with E-state index in [9.17, 15) is 0 Å². The van der Waals surface area contributed by atoms with Crippen molar-refractivity contribution in [2.75, 3.05) is 21.3 Å². The second-order valence-corrected chi connectivity index (χ2v) is 6.38. The van der Waals surface area contributed by atoms with E-state index < -0.39 is 5.97 Å². The molecular formula is C21H36O3. The maximum atomic E-state index is 5.70. The van der Waals surface area contributed by atoms with E-state index >= 15 is 0 Å². The second kappa shape index (κ2) is 11.6. The van der Waals surface area contributed by atoms with Crippen LogP contribution in [0.5, 0.6) is 0 Å². The van der Waals surface area contributed by atoms with Gasteiger partial charge in [-0.2, -0.15) is 0 Å². The summed E-state index contributed by atoms with van der Waals surface area (Å²) < 4.78 is 17.1. The van der Waals surface area contributed by atoms with E-state index in [1.165, 1.54) is 43.2 Å². The summed E-state index contributed by atoms with van der Waals surface area (Å²) in [5.41, 5.74) is 2.61. The number of benzene rings is 1. The molecule has 0 aromatic heterocycles. The van der Waals surface area contributed by atoms with Gasteiger partial charge in [-0.3, -0.25) is 0 Å². The van der Waals surface area contributed by atoms with Crippen molar-refractivity contribution in [2.24, 2.45) is 0 Å². The molecule has 1 rings (SSSR count). The standard InChI is InChI=1S/C21H36O3/c1-6-8-9-10-11-12-17-20(21(22-3,23-4)24-5)19-16-14-13-15-18(19)7-2/h13-16,20H,6-12,17H2,1-5H3. The van der Waals surface area contributed by atoms with E-state index in [4.69, 9.17) is 14.2 Å². The number of ether oxygens (including phenoxy) is 3. The van der Waals surface area contributed by atoms with Crippen molar-refractivity contribution in [1.29, 1.82) is 0 Å². The zero-order chi connectivity index (χ0) is 17.8. The van der Waals surface area contributed by atoms with Crippen LogP contribution in [0, 0.1) is 0 Å². The van der Waals surface area contributed by atoms with Gasteiger partial charge in [-0.15, -0.1) is 0 Å². The van der Waals surface area contributed by atoms with E-state index in [1.807, 2.05) is 0 Å². The summed E-state index contributed by atoms with van der Waals surface area (Å²) in [6.45, 7) is 4.44. The van der Waals surface area contributed by atoms with Gasteiger partial charge in [0.2, 0.25) is 0 Å². The Morgan fingerprint density at radius 1 is 0.833 bits per heavy atom. The van der Waals surface area contributed by atoms with E-state index in [0.29, 0.717) is 0 Å². The third-order valence-electron chi connectivity index (χ3n) is 4.94. The van der Waals surface area contributed by atoms with Gasteiger partial charge in [-0.1, -0.05) is 76.6 Å². The number of unbranched alkanes of at least 4 members (excludes halogenated alkanes) is 5. The Balaban J connectivity index is 2.91. The third kappa shape index (κ3) is 5.58. The predicted octanol–water partition coefficient (Wildman–Crippen LogP) is 5.68. The molecule has 0 bridgehead atoms. The van der Waals surface area contributed by atoms with Crippen molar-refractivity contribution in [3.8, 4) is 0 Å². The lowest BCUT2D eigenvalue weighted by molar-refractivity contribution is -0.365. The summed E-state index contributed by atoms with van der Waals surface area (Å²) in [6, 6.07) is 8.56. The highest BCUT2D eigenvalue weighted by Gasteiger charge is 2.41. The Morgan fingerprint density at radius 3 is 2.00 bits per heavy atom.